The van der Waals surface area contributed by atoms with E-state index in [9.17, 15) is 4.39 Å². The molecule has 0 bridgehead atoms. The van der Waals surface area contributed by atoms with Crippen molar-refractivity contribution in [3.05, 3.63) is 24.0 Å². The molecule has 2 aliphatic rings. The van der Waals surface area contributed by atoms with E-state index in [1.807, 2.05) is 0 Å². The first kappa shape index (κ1) is 13.7. The molecule has 3 nitrogen and oxygen atoms in total. The largest absolute Gasteiger partial charge is 0.494 e. The van der Waals surface area contributed by atoms with Crippen LogP contribution in [-0.2, 0) is 0 Å². The second-order valence-corrected chi connectivity index (χ2v) is 5.86. The third-order valence-corrected chi connectivity index (χ3v) is 4.67. The van der Waals surface area contributed by atoms with E-state index in [-0.39, 0.29) is 17.7 Å². The monoisotopic (exact) mass is 279 g/mol. The summed E-state index contributed by atoms with van der Waals surface area (Å²) in [7, 11) is 1.47. The number of ether oxygens (including phenoxy) is 2. The average molecular weight is 279 g/mol. The molecule has 0 aromatic heterocycles. The fourth-order valence-electron chi connectivity index (χ4n) is 3.61. The number of hydrogen-bond donors (Lipinski definition) is 0. The van der Waals surface area contributed by atoms with Gasteiger partial charge in [0.15, 0.2) is 11.5 Å². The maximum atomic E-state index is 14.1. The predicted octanol–water partition coefficient (Wildman–Crippen LogP) is 2.94. The van der Waals surface area contributed by atoms with Crippen molar-refractivity contribution in [2.24, 2.45) is 11.8 Å². The van der Waals surface area contributed by atoms with E-state index in [0.717, 1.165) is 19.4 Å². The minimum absolute atomic E-state index is 0.144. The van der Waals surface area contributed by atoms with Crippen molar-refractivity contribution in [2.75, 3.05) is 26.7 Å². The zero-order valence-corrected chi connectivity index (χ0v) is 12.1. The molecule has 1 heterocycles. The van der Waals surface area contributed by atoms with Gasteiger partial charge in [-0.2, -0.15) is 4.39 Å². The van der Waals surface area contributed by atoms with E-state index >= 15 is 0 Å². The molecule has 1 saturated heterocycles. The number of hydrogen-bond acceptors (Lipinski definition) is 3. The van der Waals surface area contributed by atoms with Gasteiger partial charge < -0.3 is 14.4 Å². The molecule has 0 amide bonds. The number of fused-ring (bicyclic) bond motifs is 1. The van der Waals surface area contributed by atoms with Crippen molar-refractivity contribution in [3.8, 4) is 11.5 Å². The SMILES string of the molecule is CCN1C[C@H]2C[C@H](Oc3cccc(OC)c3F)C[C@H]2C1. The lowest BCUT2D eigenvalue weighted by Gasteiger charge is -2.19. The topological polar surface area (TPSA) is 21.7 Å². The molecule has 110 valence electrons. The van der Waals surface area contributed by atoms with E-state index in [1.165, 1.54) is 20.2 Å². The van der Waals surface area contributed by atoms with Crippen molar-refractivity contribution >= 4 is 0 Å². The molecular weight excluding hydrogens is 257 g/mol. The molecule has 0 N–H and O–H groups in total. The number of benzene rings is 1. The molecule has 1 aromatic rings. The molecule has 20 heavy (non-hydrogen) atoms. The van der Waals surface area contributed by atoms with Crippen LogP contribution in [0, 0.1) is 17.7 Å². The summed E-state index contributed by atoms with van der Waals surface area (Å²) in [4.78, 5) is 2.50. The standard InChI is InChI=1S/C16H22FNO2/c1-3-18-9-11-7-13(8-12(11)10-18)20-15-6-4-5-14(19-2)16(15)17/h4-6,11-13H,3,7-10H2,1-2H3/t11-,12+,13+. The molecule has 3 atom stereocenters. The normalized spacial score (nSPS) is 29.4. The molecule has 0 radical (unpaired) electrons. The van der Waals surface area contributed by atoms with Crippen LogP contribution < -0.4 is 9.47 Å². The Balaban J connectivity index is 1.64. The second kappa shape index (κ2) is 5.60. The zero-order chi connectivity index (χ0) is 14.1. The Morgan fingerprint density at radius 3 is 2.45 bits per heavy atom. The third-order valence-electron chi connectivity index (χ3n) is 4.67. The maximum absolute atomic E-state index is 14.1. The molecule has 1 aliphatic carbocycles. The van der Waals surface area contributed by atoms with Crippen LogP contribution in [0.4, 0.5) is 4.39 Å². The molecule has 0 unspecified atom stereocenters. The van der Waals surface area contributed by atoms with E-state index in [1.54, 1.807) is 18.2 Å². The van der Waals surface area contributed by atoms with Gasteiger partial charge in [0.25, 0.3) is 0 Å². The van der Waals surface area contributed by atoms with Crippen molar-refractivity contribution in [1.82, 2.24) is 4.90 Å². The quantitative estimate of drug-likeness (QED) is 0.846. The van der Waals surface area contributed by atoms with Crippen LogP contribution in [0.5, 0.6) is 11.5 Å². The van der Waals surface area contributed by atoms with Crippen molar-refractivity contribution in [3.63, 3.8) is 0 Å². The third kappa shape index (κ3) is 2.49. The Bertz CT molecular complexity index is 466. The molecule has 1 aromatic carbocycles. The Morgan fingerprint density at radius 1 is 1.20 bits per heavy atom. The van der Waals surface area contributed by atoms with Gasteiger partial charge in [0.2, 0.25) is 5.82 Å². The number of nitrogens with zero attached hydrogens (tertiary/aromatic N) is 1. The molecule has 3 rings (SSSR count). The molecule has 1 aliphatic heterocycles. The summed E-state index contributed by atoms with van der Waals surface area (Å²) >= 11 is 0. The van der Waals surface area contributed by atoms with Crippen LogP contribution in [0.1, 0.15) is 19.8 Å². The van der Waals surface area contributed by atoms with E-state index < -0.39 is 0 Å². The maximum Gasteiger partial charge on any atom is 0.206 e. The summed E-state index contributed by atoms with van der Waals surface area (Å²) in [6, 6.07) is 5.07. The van der Waals surface area contributed by atoms with Gasteiger partial charge in [0.1, 0.15) is 0 Å². The van der Waals surface area contributed by atoms with Crippen molar-refractivity contribution in [1.29, 1.82) is 0 Å². The highest BCUT2D eigenvalue weighted by molar-refractivity contribution is 5.35. The molecule has 1 saturated carbocycles. The first-order chi connectivity index (χ1) is 9.71. The van der Waals surface area contributed by atoms with Crippen LogP contribution in [0.25, 0.3) is 0 Å². The van der Waals surface area contributed by atoms with Gasteiger partial charge in [-0.1, -0.05) is 13.0 Å². The predicted molar refractivity (Wildman–Crippen MR) is 75.7 cm³/mol. The highest BCUT2D eigenvalue weighted by atomic mass is 19.1. The fourth-order valence-corrected chi connectivity index (χ4v) is 3.61. The Labute approximate surface area is 119 Å². The fraction of sp³-hybridized carbons (Fsp3) is 0.625. The summed E-state index contributed by atoms with van der Waals surface area (Å²) < 4.78 is 24.9. The van der Waals surface area contributed by atoms with Crippen molar-refractivity contribution in [2.45, 2.75) is 25.9 Å². The number of methoxy groups -OCH3 is 1. The Morgan fingerprint density at radius 2 is 1.85 bits per heavy atom. The van der Waals surface area contributed by atoms with Crippen LogP contribution in [0.3, 0.4) is 0 Å². The highest BCUT2D eigenvalue weighted by Crippen LogP contribution is 2.40. The first-order valence-corrected chi connectivity index (χ1v) is 7.42. The lowest BCUT2D eigenvalue weighted by atomic mass is 10.0. The van der Waals surface area contributed by atoms with Gasteiger partial charge in [-0.3, -0.25) is 0 Å². The van der Waals surface area contributed by atoms with Crippen LogP contribution >= 0.6 is 0 Å². The second-order valence-electron chi connectivity index (χ2n) is 5.86. The van der Waals surface area contributed by atoms with Crippen molar-refractivity contribution < 1.29 is 13.9 Å². The van der Waals surface area contributed by atoms with Crippen LogP contribution in [0.2, 0.25) is 0 Å². The molecule has 0 spiro atoms. The summed E-state index contributed by atoms with van der Waals surface area (Å²) in [5, 5.41) is 0. The van der Waals surface area contributed by atoms with Gasteiger partial charge in [0.05, 0.1) is 13.2 Å². The zero-order valence-electron chi connectivity index (χ0n) is 12.1. The van der Waals surface area contributed by atoms with Crippen LogP contribution in [0.15, 0.2) is 18.2 Å². The summed E-state index contributed by atoms with van der Waals surface area (Å²) in [6.07, 6.45) is 2.22. The van der Waals surface area contributed by atoms with Gasteiger partial charge in [-0.05, 0) is 43.4 Å². The highest BCUT2D eigenvalue weighted by Gasteiger charge is 2.41. The van der Waals surface area contributed by atoms with Gasteiger partial charge >= 0.3 is 0 Å². The van der Waals surface area contributed by atoms with Gasteiger partial charge in [0, 0.05) is 13.1 Å². The Kier molecular flexibility index (Phi) is 3.83. The first-order valence-electron chi connectivity index (χ1n) is 7.42. The van der Waals surface area contributed by atoms with Gasteiger partial charge in [-0.25, -0.2) is 0 Å². The molecular formula is C16H22FNO2. The smallest absolute Gasteiger partial charge is 0.206 e. The van der Waals surface area contributed by atoms with E-state index in [4.69, 9.17) is 9.47 Å². The van der Waals surface area contributed by atoms with E-state index in [2.05, 4.69) is 11.8 Å². The summed E-state index contributed by atoms with van der Waals surface area (Å²) in [5.74, 6) is 1.61. The average Bonchev–Trinajstić information content (AvgIpc) is 2.98. The number of rotatable bonds is 4. The Hall–Kier alpha value is -1.29. The molecule has 2 fully saturated rings. The lowest BCUT2D eigenvalue weighted by molar-refractivity contribution is 0.178. The van der Waals surface area contributed by atoms with Crippen LogP contribution in [-0.4, -0.2) is 37.7 Å². The minimum Gasteiger partial charge on any atom is -0.494 e. The lowest BCUT2D eigenvalue weighted by Crippen LogP contribution is -2.24. The number of halogens is 1. The summed E-state index contributed by atoms with van der Waals surface area (Å²) in [6.45, 7) is 5.67. The summed E-state index contributed by atoms with van der Waals surface area (Å²) in [5.41, 5.74) is 0. The number of likely N-dealkylation sites (tertiary alicyclic amines) is 1. The molecule has 4 heteroatoms. The van der Waals surface area contributed by atoms with E-state index in [0.29, 0.717) is 17.6 Å². The van der Waals surface area contributed by atoms with Gasteiger partial charge in [-0.15, -0.1) is 0 Å². The minimum atomic E-state index is -0.387.